The molecule has 2 aliphatic rings. The number of hydrogen-bond acceptors (Lipinski definition) is 2. The van der Waals surface area contributed by atoms with Gasteiger partial charge in [0.1, 0.15) is 6.10 Å². The van der Waals surface area contributed by atoms with E-state index in [0.717, 1.165) is 26.1 Å². The molecule has 2 fully saturated rings. The van der Waals surface area contributed by atoms with Gasteiger partial charge in [0, 0.05) is 12.8 Å². The van der Waals surface area contributed by atoms with Crippen molar-refractivity contribution in [2.24, 2.45) is 0 Å². The Labute approximate surface area is 86.3 Å². The molecule has 0 N–H and O–H groups in total. The fraction of sp³-hybridized carbons (Fsp3) is 0.833. The van der Waals surface area contributed by atoms with Gasteiger partial charge in [-0.15, -0.1) is 0 Å². The first kappa shape index (κ1) is 10.0. The molecule has 14 heavy (non-hydrogen) atoms. The van der Waals surface area contributed by atoms with Gasteiger partial charge in [-0.2, -0.15) is 0 Å². The summed E-state index contributed by atoms with van der Waals surface area (Å²) in [5.74, 6) is 0. The van der Waals surface area contributed by atoms with E-state index in [4.69, 9.17) is 9.47 Å². The van der Waals surface area contributed by atoms with Gasteiger partial charge in [-0.3, -0.25) is 0 Å². The van der Waals surface area contributed by atoms with Crippen molar-refractivity contribution in [3.8, 4) is 0 Å². The molecule has 2 rings (SSSR count). The summed E-state index contributed by atoms with van der Waals surface area (Å²) in [6.45, 7) is 1.74. The summed E-state index contributed by atoms with van der Waals surface area (Å²) in [7, 11) is 0. The third kappa shape index (κ3) is 3.02. The van der Waals surface area contributed by atoms with E-state index in [2.05, 4.69) is 0 Å². The van der Waals surface area contributed by atoms with Crippen LogP contribution in [0.3, 0.4) is 0 Å². The van der Waals surface area contributed by atoms with Crippen LogP contribution in [0.4, 0.5) is 0 Å². The molecule has 2 heteroatoms. The summed E-state index contributed by atoms with van der Waals surface area (Å²) in [4.78, 5) is 0. The predicted molar refractivity (Wildman–Crippen MR) is 56.1 cm³/mol. The molecule has 1 aliphatic carbocycles. The molecule has 0 radical (unpaired) electrons. The van der Waals surface area contributed by atoms with Gasteiger partial charge in [0.05, 0.1) is 19.5 Å². The standard InChI is InChI=1S/C12H20O2/c1-2-4-11(5-3-1)10-14-12-6-8-13-9-7-12/h10,12H,1-9H2. The summed E-state index contributed by atoms with van der Waals surface area (Å²) in [6, 6.07) is 0. The zero-order valence-corrected chi connectivity index (χ0v) is 8.84. The lowest BCUT2D eigenvalue weighted by atomic mass is 9.96. The topological polar surface area (TPSA) is 18.5 Å². The third-order valence-corrected chi connectivity index (χ3v) is 3.09. The lowest BCUT2D eigenvalue weighted by Crippen LogP contribution is -2.21. The molecule has 1 saturated carbocycles. The molecule has 0 spiro atoms. The van der Waals surface area contributed by atoms with E-state index in [1.54, 1.807) is 0 Å². The van der Waals surface area contributed by atoms with Crippen LogP contribution in [0.15, 0.2) is 11.8 Å². The predicted octanol–water partition coefficient (Wildman–Crippen LogP) is 3.03. The zero-order chi connectivity index (χ0) is 9.64. The van der Waals surface area contributed by atoms with Crippen molar-refractivity contribution in [2.45, 2.75) is 51.0 Å². The maximum Gasteiger partial charge on any atom is 0.102 e. The largest absolute Gasteiger partial charge is 0.498 e. The van der Waals surface area contributed by atoms with Crippen LogP contribution in [0.2, 0.25) is 0 Å². The molecular formula is C12H20O2. The molecule has 1 aliphatic heterocycles. The Kier molecular flexibility index (Phi) is 3.87. The molecule has 80 valence electrons. The van der Waals surface area contributed by atoms with E-state index in [-0.39, 0.29) is 0 Å². The van der Waals surface area contributed by atoms with Crippen LogP contribution >= 0.6 is 0 Å². The Morgan fingerprint density at radius 1 is 1.07 bits per heavy atom. The normalized spacial score (nSPS) is 24.7. The minimum Gasteiger partial charge on any atom is -0.498 e. The fourth-order valence-electron chi connectivity index (χ4n) is 2.13. The highest BCUT2D eigenvalue weighted by molar-refractivity contribution is 5.00. The summed E-state index contributed by atoms with van der Waals surface area (Å²) >= 11 is 0. The lowest BCUT2D eigenvalue weighted by Gasteiger charge is -2.22. The van der Waals surface area contributed by atoms with Gasteiger partial charge < -0.3 is 9.47 Å². The first-order valence-electron chi connectivity index (χ1n) is 5.86. The quantitative estimate of drug-likeness (QED) is 0.632. The van der Waals surface area contributed by atoms with Crippen molar-refractivity contribution in [1.82, 2.24) is 0 Å². The van der Waals surface area contributed by atoms with Crippen molar-refractivity contribution < 1.29 is 9.47 Å². The Balaban J connectivity index is 1.73. The van der Waals surface area contributed by atoms with Gasteiger partial charge in [-0.25, -0.2) is 0 Å². The van der Waals surface area contributed by atoms with E-state index >= 15 is 0 Å². The van der Waals surface area contributed by atoms with Crippen LogP contribution in [-0.4, -0.2) is 19.3 Å². The zero-order valence-electron chi connectivity index (χ0n) is 8.84. The minimum atomic E-state index is 0.415. The molecule has 0 aromatic rings. The minimum absolute atomic E-state index is 0.415. The van der Waals surface area contributed by atoms with Gasteiger partial charge in [-0.05, 0) is 31.3 Å². The summed E-state index contributed by atoms with van der Waals surface area (Å²) in [5, 5.41) is 0. The summed E-state index contributed by atoms with van der Waals surface area (Å²) < 4.78 is 11.1. The highest BCUT2D eigenvalue weighted by Gasteiger charge is 2.14. The molecule has 0 atom stereocenters. The molecule has 0 unspecified atom stereocenters. The van der Waals surface area contributed by atoms with Gasteiger partial charge in [-0.1, -0.05) is 6.42 Å². The Hall–Kier alpha value is -0.500. The number of hydrogen-bond donors (Lipinski definition) is 0. The monoisotopic (exact) mass is 196 g/mol. The van der Waals surface area contributed by atoms with E-state index in [1.165, 1.54) is 37.7 Å². The number of rotatable bonds is 2. The second-order valence-electron chi connectivity index (χ2n) is 4.28. The Morgan fingerprint density at radius 3 is 2.50 bits per heavy atom. The molecular weight excluding hydrogens is 176 g/mol. The van der Waals surface area contributed by atoms with Crippen molar-refractivity contribution in [2.75, 3.05) is 13.2 Å². The Bertz CT molecular complexity index is 184. The average molecular weight is 196 g/mol. The number of allylic oxidation sites excluding steroid dienone is 1. The SMILES string of the molecule is C(OC1CCOCC1)=C1CCCCC1. The van der Waals surface area contributed by atoms with Crippen LogP contribution in [0.25, 0.3) is 0 Å². The molecule has 0 amide bonds. The van der Waals surface area contributed by atoms with Crippen LogP contribution < -0.4 is 0 Å². The third-order valence-electron chi connectivity index (χ3n) is 3.09. The van der Waals surface area contributed by atoms with Crippen molar-refractivity contribution >= 4 is 0 Å². The fourth-order valence-corrected chi connectivity index (χ4v) is 2.13. The summed E-state index contributed by atoms with van der Waals surface area (Å²) in [5.41, 5.74) is 1.52. The second-order valence-corrected chi connectivity index (χ2v) is 4.28. The highest BCUT2D eigenvalue weighted by atomic mass is 16.5. The maximum absolute atomic E-state index is 5.78. The molecule has 0 aromatic carbocycles. The first-order valence-corrected chi connectivity index (χ1v) is 5.86. The molecule has 1 saturated heterocycles. The van der Waals surface area contributed by atoms with E-state index < -0.39 is 0 Å². The van der Waals surface area contributed by atoms with E-state index in [9.17, 15) is 0 Å². The molecule has 0 bridgehead atoms. The van der Waals surface area contributed by atoms with Crippen molar-refractivity contribution in [1.29, 1.82) is 0 Å². The first-order chi connectivity index (χ1) is 6.95. The smallest absolute Gasteiger partial charge is 0.102 e. The lowest BCUT2D eigenvalue weighted by molar-refractivity contribution is 0.00507. The Morgan fingerprint density at radius 2 is 1.79 bits per heavy atom. The van der Waals surface area contributed by atoms with Crippen LogP contribution in [0.1, 0.15) is 44.9 Å². The van der Waals surface area contributed by atoms with Gasteiger partial charge in [0.2, 0.25) is 0 Å². The number of ether oxygens (including phenoxy) is 2. The van der Waals surface area contributed by atoms with Gasteiger partial charge >= 0.3 is 0 Å². The molecule has 0 aromatic heterocycles. The van der Waals surface area contributed by atoms with E-state index in [0.29, 0.717) is 6.10 Å². The van der Waals surface area contributed by atoms with Crippen LogP contribution in [0.5, 0.6) is 0 Å². The van der Waals surface area contributed by atoms with Gasteiger partial charge in [0.25, 0.3) is 0 Å². The summed E-state index contributed by atoms with van der Waals surface area (Å²) in [6.07, 6.45) is 11.2. The van der Waals surface area contributed by atoms with Crippen molar-refractivity contribution in [3.63, 3.8) is 0 Å². The maximum atomic E-state index is 5.78. The highest BCUT2D eigenvalue weighted by Crippen LogP contribution is 2.23. The molecule has 1 heterocycles. The van der Waals surface area contributed by atoms with Gasteiger partial charge in [0.15, 0.2) is 0 Å². The second kappa shape index (κ2) is 5.40. The van der Waals surface area contributed by atoms with Crippen LogP contribution in [0, 0.1) is 0 Å². The van der Waals surface area contributed by atoms with Crippen LogP contribution in [-0.2, 0) is 9.47 Å². The van der Waals surface area contributed by atoms with E-state index in [1.807, 2.05) is 6.26 Å². The molecule has 2 nitrogen and oxygen atoms in total. The average Bonchev–Trinajstić information content (AvgIpc) is 2.29. The van der Waals surface area contributed by atoms with Crippen molar-refractivity contribution in [3.05, 3.63) is 11.8 Å².